The van der Waals surface area contributed by atoms with Crippen molar-refractivity contribution in [1.82, 2.24) is 29.9 Å². The van der Waals surface area contributed by atoms with Gasteiger partial charge in [0.05, 0.1) is 6.54 Å². The van der Waals surface area contributed by atoms with Crippen molar-refractivity contribution in [1.29, 1.82) is 0 Å². The molecule has 0 radical (unpaired) electrons. The van der Waals surface area contributed by atoms with Crippen molar-refractivity contribution in [3.05, 3.63) is 35.5 Å². The number of aromatic nitrogens is 4. The van der Waals surface area contributed by atoms with Gasteiger partial charge in [-0.2, -0.15) is 4.98 Å². The molecule has 144 valence electrons. The van der Waals surface area contributed by atoms with E-state index in [0.29, 0.717) is 24.8 Å². The number of nitrogens with zero attached hydrogens (tertiary/aromatic N) is 6. The Morgan fingerprint density at radius 2 is 1.81 bits per heavy atom. The standard InChI is InChI=1S/C18H24N6O3/c1-12(2)16-21-13(22-27-16)11-23(3)17(25)14-15(20-8-7-19-14)18(26)24-9-5-4-6-10-24/h7-8,12H,4-6,9-11H2,1-3H3. The van der Waals surface area contributed by atoms with E-state index in [1.807, 2.05) is 13.8 Å². The quantitative estimate of drug-likeness (QED) is 0.789. The van der Waals surface area contributed by atoms with Crippen molar-refractivity contribution in [3.63, 3.8) is 0 Å². The summed E-state index contributed by atoms with van der Waals surface area (Å²) in [5, 5.41) is 3.89. The fraction of sp³-hybridized carbons (Fsp3) is 0.556. The predicted octanol–water partition coefficient (Wildman–Crippen LogP) is 1.88. The van der Waals surface area contributed by atoms with Crippen LogP contribution in [-0.2, 0) is 6.54 Å². The number of carbonyl (C=O) groups is 2. The van der Waals surface area contributed by atoms with Gasteiger partial charge in [0.15, 0.2) is 17.2 Å². The van der Waals surface area contributed by atoms with Crippen LogP contribution in [0.15, 0.2) is 16.9 Å². The average molecular weight is 372 g/mol. The summed E-state index contributed by atoms with van der Waals surface area (Å²) in [5.41, 5.74) is 0.135. The fourth-order valence-electron chi connectivity index (χ4n) is 2.93. The van der Waals surface area contributed by atoms with E-state index < -0.39 is 5.91 Å². The molecule has 2 aromatic heterocycles. The summed E-state index contributed by atoms with van der Waals surface area (Å²) in [5.74, 6) is 0.384. The molecule has 1 fully saturated rings. The van der Waals surface area contributed by atoms with Gasteiger partial charge in [-0.3, -0.25) is 9.59 Å². The Hall–Kier alpha value is -2.84. The SMILES string of the molecule is CC(C)c1nc(CN(C)C(=O)c2nccnc2C(=O)N2CCCCC2)no1. The lowest BCUT2D eigenvalue weighted by molar-refractivity contribution is 0.0695. The van der Waals surface area contributed by atoms with Crippen LogP contribution in [0.4, 0.5) is 0 Å². The number of carbonyl (C=O) groups excluding carboxylic acids is 2. The molecule has 0 aliphatic carbocycles. The molecule has 27 heavy (non-hydrogen) atoms. The molecule has 3 rings (SSSR count). The second-order valence-electron chi connectivity index (χ2n) is 6.97. The Bertz CT molecular complexity index is 813. The average Bonchev–Trinajstić information content (AvgIpc) is 3.16. The minimum atomic E-state index is -0.403. The summed E-state index contributed by atoms with van der Waals surface area (Å²) >= 11 is 0. The van der Waals surface area contributed by atoms with E-state index in [1.165, 1.54) is 17.3 Å². The minimum absolute atomic E-state index is 0.0446. The zero-order chi connectivity index (χ0) is 19.4. The summed E-state index contributed by atoms with van der Waals surface area (Å²) in [6.45, 7) is 5.41. The van der Waals surface area contributed by atoms with Crippen molar-refractivity contribution < 1.29 is 14.1 Å². The highest BCUT2D eigenvalue weighted by Gasteiger charge is 2.27. The van der Waals surface area contributed by atoms with Crippen LogP contribution in [0.1, 0.15) is 71.7 Å². The second kappa shape index (κ2) is 8.24. The lowest BCUT2D eigenvalue weighted by atomic mass is 10.1. The van der Waals surface area contributed by atoms with Crippen LogP contribution in [-0.4, -0.2) is 61.9 Å². The molecule has 2 aromatic rings. The first-order chi connectivity index (χ1) is 13.0. The van der Waals surface area contributed by atoms with Crippen molar-refractivity contribution in [2.75, 3.05) is 20.1 Å². The van der Waals surface area contributed by atoms with Gasteiger partial charge in [-0.25, -0.2) is 9.97 Å². The number of piperidine rings is 1. The molecule has 0 N–H and O–H groups in total. The van der Waals surface area contributed by atoms with Crippen LogP contribution in [0.5, 0.6) is 0 Å². The topological polar surface area (TPSA) is 105 Å². The third-order valence-corrected chi connectivity index (χ3v) is 4.45. The van der Waals surface area contributed by atoms with Gasteiger partial charge in [0, 0.05) is 38.4 Å². The third kappa shape index (κ3) is 4.29. The van der Waals surface area contributed by atoms with E-state index in [0.717, 1.165) is 19.3 Å². The Morgan fingerprint density at radius 3 is 2.44 bits per heavy atom. The van der Waals surface area contributed by atoms with Gasteiger partial charge < -0.3 is 14.3 Å². The molecule has 9 nitrogen and oxygen atoms in total. The molecule has 1 aliphatic heterocycles. The molecule has 0 unspecified atom stereocenters. The molecule has 0 saturated carbocycles. The maximum Gasteiger partial charge on any atom is 0.275 e. The van der Waals surface area contributed by atoms with E-state index in [1.54, 1.807) is 11.9 Å². The fourth-order valence-corrected chi connectivity index (χ4v) is 2.93. The van der Waals surface area contributed by atoms with Crippen molar-refractivity contribution >= 4 is 11.8 Å². The molecule has 0 atom stereocenters. The molecule has 0 aromatic carbocycles. The molecule has 3 heterocycles. The first kappa shape index (κ1) is 18.9. The number of likely N-dealkylation sites (tertiary alicyclic amines) is 1. The zero-order valence-corrected chi connectivity index (χ0v) is 15.9. The first-order valence-corrected chi connectivity index (χ1v) is 9.15. The number of rotatable bonds is 5. The van der Waals surface area contributed by atoms with Gasteiger partial charge in [0.25, 0.3) is 11.8 Å². The third-order valence-electron chi connectivity index (χ3n) is 4.45. The van der Waals surface area contributed by atoms with Gasteiger partial charge in [0.1, 0.15) is 0 Å². The second-order valence-corrected chi connectivity index (χ2v) is 6.97. The van der Waals surface area contributed by atoms with Crippen molar-refractivity contribution in [2.45, 2.75) is 45.6 Å². The maximum absolute atomic E-state index is 12.9. The molecular weight excluding hydrogens is 348 g/mol. The smallest absolute Gasteiger partial charge is 0.275 e. The van der Waals surface area contributed by atoms with Crippen LogP contribution in [0.2, 0.25) is 0 Å². The number of hydrogen-bond donors (Lipinski definition) is 0. The first-order valence-electron chi connectivity index (χ1n) is 9.15. The summed E-state index contributed by atoms with van der Waals surface area (Å²) in [4.78, 5) is 41.3. The van der Waals surface area contributed by atoms with Crippen molar-refractivity contribution in [3.8, 4) is 0 Å². The van der Waals surface area contributed by atoms with Crippen LogP contribution < -0.4 is 0 Å². The van der Waals surface area contributed by atoms with Gasteiger partial charge in [-0.15, -0.1) is 0 Å². The number of amides is 2. The Labute approximate surface area is 157 Å². The zero-order valence-electron chi connectivity index (χ0n) is 15.9. The lowest BCUT2D eigenvalue weighted by Gasteiger charge is -2.27. The predicted molar refractivity (Wildman–Crippen MR) is 96.0 cm³/mol. The number of hydrogen-bond acceptors (Lipinski definition) is 7. The van der Waals surface area contributed by atoms with Crippen LogP contribution in [0, 0.1) is 0 Å². The lowest BCUT2D eigenvalue weighted by Crippen LogP contribution is -2.38. The summed E-state index contributed by atoms with van der Waals surface area (Å²) in [6.07, 6.45) is 5.89. The molecule has 0 spiro atoms. The monoisotopic (exact) mass is 372 g/mol. The molecular formula is C18H24N6O3. The van der Waals surface area contributed by atoms with Gasteiger partial charge >= 0.3 is 0 Å². The summed E-state index contributed by atoms with van der Waals surface area (Å²) in [7, 11) is 1.61. The minimum Gasteiger partial charge on any atom is -0.339 e. The normalized spacial score (nSPS) is 14.4. The maximum atomic E-state index is 12.9. The summed E-state index contributed by atoms with van der Waals surface area (Å²) < 4.78 is 5.17. The van der Waals surface area contributed by atoms with Crippen LogP contribution >= 0.6 is 0 Å². The van der Waals surface area contributed by atoms with E-state index >= 15 is 0 Å². The van der Waals surface area contributed by atoms with Crippen LogP contribution in [0.3, 0.4) is 0 Å². The largest absolute Gasteiger partial charge is 0.339 e. The Balaban J connectivity index is 1.76. The summed E-state index contributed by atoms with van der Waals surface area (Å²) in [6, 6.07) is 0. The molecule has 1 aliphatic rings. The molecule has 1 saturated heterocycles. The Kier molecular flexibility index (Phi) is 5.78. The van der Waals surface area contributed by atoms with Gasteiger partial charge in [0.2, 0.25) is 5.89 Å². The van der Waals surface area contributed by atoms with Gasteiger partial charge in [-0.1, -0.05) is 19.0 Å². The molecule has 0 bridgehead atoms. The van der Waals surface area contributed by atoms with Crippen molar-refractivity contribution in [2.24, 2.45) is 0 Å². The highest BCUT2D eigenvalue weighted by atomic mass is 16.5. The van der Waals surface area contributed by atoms with Crippen LogP contribution in [0.25, 0.3) is 0 Å². The van der Waals surface area contributed by atoms with E-state index in [9.17, 15) is 9.59 Å². The highest BCUT2D eigenvalue weighted by Crippen LogP contribution is 2.16. The van der Waals surface area contributed by atoms with Gasteiger partial charge in [-0.05, 0) is 19.3 Å². The van der Waals surface area contributed by atoms with E-state index in [-0.39, 0.29) is 29.8 Å². The van der Waals surface area contributed by atoms with E-state index in [2.05, 4.69) is 20.1 Å². The highest BCUT2D eigenvalue weighted by molar-refractivity contribution is 6.04. The molecule has 2 amide bonds. The molecule has 9 heteroatoms. The van der Waals surface area contributed by atoms with E-state index in [4.69, 9.17) is 4.52 Å². The Morgan fingerprint density at radius 1 is 1.15 bits per heavy atom.